The van der Waals surface area contributed by atoms with E-state index in [-0.39, 0.29) is 17.8 Å². The highest BCUT2D eigenvalue weighted by molar-refractivity contribution is 7.15. The molecule has 3 heterocycles. The number of nitrogens with one attached hydrogen (secondary N) is 2. The van der Waals surface area contributed by atoms with Gasteiger partial charge in [0.2, 0.25) is 11.8 Å². The highest BCUT2D eigenvalue weighted by Gasteiger charge is 2.49. The smallest absolute Gasteiger partial charge is 0.239 e. The second kappa shape index (κ2) is 7.74. The lowest BCUT2D eigenvalue weighted by atomic mass is 9.77. The summed E-state index contributed by atoms with van der Waals surface area (Å²) in [6.07, 6.45) is 0.575. The van der Waals surface area contributed by atoms with Gasteiger partial charge >= 0.3 is 0 Å². The van der Waals surface area contributed by atoms with E-state index in [4.69, 9.17) is 11.1 Å². The number of β-lactam (4-membered cyclic amide) rings is 1. The molecule has 0 saturated carbocycles. The largest absolute Gasteiger partial charge is 0.399 e. The van der Waals surface area contributed by atoms with E-state index in [2.05, 4.69) is 5.32 Å². The SMILES string of the molecule is CN1C(=N)N[C@](C)(c2ccc(-c3cccc(N)c3)s2)C(c2ccc(N3CCC3=O)cc2)C1=O. The zero-order chi connectivity index (χ0) is 23.3. The van der Waals surface area contributed by atoms with Gasteiger partial charge in [-0.05, 0) is 54.4 Å². The maximum absolute atomic E-state index is 13.5. The number of benzene rings is 2. The molecule has 3 aromatic rings. The number of likely N-dealkylation sites (N-methyl/N-ethyl adjacent to an activating group) is 1. The monoisotopic (exact) mass is 459 g/mol. The lowest BCUT2D eigenvalue weighted by molar-refractivity contribution is -0.131. The summed E-state index contributed by atoms with van der Waals surface area (Å²) in [6, 6.07) is 19.4. The Morgan fingerprint density at radius 1 is 1.12 bits per heavy atom. The van der Waals surface area contributed by atoms with Crippen LogP contribution in [0.5, 0.6) is 0 Å². The minimum atomic E-state index is -0.808. The van der Waals surface area contributed by atoms with Gasteiger partial charge in [0.25, 0.3) is 0 Å². The second-order valence-electron chi connectivity index (χ2n) is 8.68. The van der Waals surface area contributed by atoms with Crippen LogP contribution in [0.3, 0.4) is 0 Å². The van der Waals surface area contributed by atoms with Crippen molar-refractivity contribution in [1.82, 2.24) is 10.2 Å². The summed E-state index contributed by atoms with van der Waals surface area (Å²) in [5.74, 6) is -0.498. The van der Waals surface area contributed by atoms with Crippen LogP contribution in [0.2, 0.25) is 0 Å². The first-order valence-electron chi connectivity index (χ1n) is 10.8. The molecule has 2 fully saturated rings. The molecule has 2 atom stereocenters. The van der Waals surface area contributed by atoms with Crippen LogP contribution in [0, 0.1) is 5.41 Å². The number of carbonyl (C=O) groups excluding carboxylic acids is 2. The molecule has 2 aliphatic heterocycles. The fourth-order valence-corrected chi connectivity index (χ4v) is 5.67. The second-order valence-corrected chi connectivity index (χ2v) is 9.77. The van der Waals surface area contributed by atoms with Crippen molar-refractivity contribution in [2.24, 2.45) is 0 Å². The van der Waals surface area contributed by atoms with Crippen molar-refractivity contribution in [3.63, 3.8) is 0 Å². The van der Waals surface area contributed by atoms with Crippen LogP contribution in [0.1, 0.15) is 29.7 Å². The molecule has 5 rings (SSSR count). The van der Waals surface area contributed by atoms with Gasteiger partial charge in [-0.25, -0.2) is 0 Å². The van der Waals surface area contributed by atoms with Gasteiger partial charge in [0.05, 0.1) is 11.5 Å². The van der Waals surface area contributed by atoms with Crippen LogP contribution in [-0.4, -0.2) is 36.3 Å². The Hall–Kier alpha value is -3.65. The molecule has 0 bridgehead atoms. The predicted octanol–water partition coefficient (Wildman–Crippen LogP) is 3.73. The number of thiophene rings is 1. The fourth-order valence-electron chi connectivity index (χ4n) is 4.53. The number of rotatable bonds is 4. The Labute approximate surface area is 196 Å². The summed E-state index contributed by atoms with van der Waals surface area (Å²) < 4.78 is 0. The molecule has 1 unspecified atom stereocenters. The van der Waals surface area contributed by atoms with E-state index < -0.39 is 11.5 Å². The van der Waals surface area contributed by atoms with E-state index >= 15 is 0 Å². The number of nitrogen functional groups attached to an aromatic ring is 1. The predicted molar refractivity (Wildman–Crippen MR) is 131 cm³/mol. The third kappa shape index (κ3) is 3.47. The van der Waals surface area contributed by atoms with E-state index in [1.807, 2.05) is 67.6 Å². The number of hydrogen-bond acceptors (Lipinski definition) is 5. The zero-order valence-electron chi connectivity index (χ0n) is 18.5. The van der Waals surface area contributed by atoms with Crippen molar-refractivity contribution >= 4 is 40.5 Å². The Bertz CT molecular complexity index is 1270. The molecule has 8 heteroatoms. The number of guanidine groups is 1. The van der Waals surface area contributed by atoms with Crippen LogP contribution < -0.4 is 16.0 Å². The van der Waals surface area contributed by atoms with Crippen LogP contribution in [0.4, 0.5) is 11.4 Å². The van der Waals surface area contributed by atoms with Crippen molar-refractivity contribution in [3.05, 3.63) is 71.1 Å². The first-order valence-corrected chi connectivity index (χ1v) is 11.6. The molecular formula is C25H25N5O2S. The summed E-state index contributed by atoms with van der Waals surface area (Å²) in [6.45, 7) is 2.70. The van der Waals surface area contributed by atoms with Gasteiger partial charge in [-0.2, -0.15) is 0 Å². The number of anilines is 2. The molecule has 0 spiro atoms. The Morgan fingerprint density at radius 3 is 2.52 bits per heavy atom. The molecule has 0 aliphatic carbocycles. The summed E-state index contributed by atoms with van der Waals surface area (Å²) in [4.78, 5) is 30.3. The molecule has 2 aromatic carbocycles. The van der Waals surface area contributed by atoms with Crippen LogP contribution in [-0.2, 0) is 15.1 Å². The van der Waals surface area contributed by atoms with Crippen LogP contribution in [0.25, 0.3) is 10.4 Å². The van der Waals surface area contributed by atoms with Crippen LogP contribution >= 0.6 is 11.3 Å². The van der Waals surface area contributed by atoms with Gasteiger partial charge in [-0.1, -0.05) is 24.3 Å². The highest BCUT2D eigenvalue weighted by Crippen LogP contribution is 2.45. The molecule has 1 aromatic heterocycles. The number of carbonyl (C=O) groups is 2. The summed E-state index contributed by atoms with van der Waals surface area (Å²) in [7, 11) is 1.62. The molecule has 0 radical (unpaired) electrons. The van der Waals surface area contributed by atoms with Gasteiger partial charge in [0.1, 0.15) is 0 Å². The Morgan fingerprint density at radius 2 is 1.88 bits per heavy atom. The lowest BCUT2D eigenvalue weighted by Crippen LogP contribution is -2.62. The average Bonchev–Trinajstić information content (AvgIpc) is 3.29. The topological polar surface area (TPSA) is 103 Å². The normalized spacial score (nSPS) is 22.8. The first-order chi connectivity index (χ1) is 15.8. The molecule has 2 amide bonds. The van der Waals surface area contributed by atoms with E-state index in [0.717, 1.165) is 33.1 Å². The lowest BCUT2D eigenvalue weighted by Gasteiger charge is -2.45. The van der Waals surface area contributed by atoms with Gasteiger partial charge < -0.3 is 16.0 Å². The minimum Gasteiger partial charge on any atom is -0.399 e. The fraction of sp³-hybridized carbons (Fsp3) is 0.240. The number of hydrogen-bond donors (Lipinski definition) is 3. The van der Waals surface area contributed by atoms with Crippen molar-refractivity contribution in [2.45, 2.75) is 24.8 Å². The van der Waals surface area contributed by atoms with Crippen molar-refractivity contribution in [2.75, 3.05) is 24.2 Å². The molecule has 2 saturated heterocycles. The van der Waals surface area contributed by atoms with E-state index in [9.17, 15) is 9.59 Å². The molecule has 168 valence electrons. The maximum atomic E-state index is 13.5. The summed E-state index contributed by atoms with van der Waals surface area (Å²) in [5.41, 5.74) is 8.55. The minimum absolute atomic E-state index is 0.0699. The number of nitrogens with zero attached hydrogens (tertiary/aromatic N) is 2. The highest BCUT2D eigenvalue weighted by atomic mass is 32.1. The average molecular weight is 460 g/mol. The van der Waals surface area contributed by atoms with Crippen LogP contribution in [0.15, 0.2) is 60.7 Å². The molecular weight excluding hydrogens is 434 g/mol. The maximum Gasteiger partial charge on any atom is 0.239 e. The van der Waals surface area contributed by atoms with Gasteiger partial charge in [0, 0.05) is 41.1 Å². The third-order valence-corrected chi connectivity index (χ3v) is 7.92. The Balaban J connectivity index is 1.54. The molecule has 4 N–H and O–H groups in total. The first kappa shape index (κ1) is 21.2. The van der Waals surface area contributed by atoms with Crippen molar-refractivity contribution in [1.29, 1.82) is 5.41 Å². The molecule has 2 aliphatic rings. The number of amides is 2. The van der Waals surface area contributed by atoms with Crippen molar-refractivity contribution in [3.8, 4) is 10.4 Å². The summed E-state index contributed by atoms with van der Waals surface area (Å²) >= 11 is 1.59. The molecule has 7 nitrogen and oxygen atoms in total. The quantitative estimate of drug-likeness (QED) is 0.409. The molecule has 33 heavy (non-hydrogen) atoms. The Kier molecular flexibility index (Phi) is 4.97. The van der Waals surface area contributed by atoms with E-state index in [1.54, 1.807) is 23.3 Å². The number of nitrogens with two attached hydrogens (primary N) is 1. The van der Waals surface area contributed by atoms with Crippen molar-refractivity contribution < 1.29 is 9.59 Å². The third-order valence-electron chi connectivity index (χ3n) is 6.55. The van der Waals surface area contributed by atoms with Gasteiger partial charge in [-0.15, -0.1) is 11.3 Å². The van der Waals surface area contributed by atoms with E-state index in [1.165, 1.54) is 4.90 Å². The van der Waals surface area contributed by atoms with E-state index in [0.29, 0.717) is 12.1 Å². The van der Waals surface area contributed by atoms with Gasteiger partial charge in [-0.3, -0.25) is 19.9 Å². The zero-order valence-corrected chi connectivity index (χ0v) is 19.3. The van der Waals surface area contributed by atoms with Gasteiger partial charge in [0.15, 0.2) is 5.96 Å². The summed E-state index contributed by atoms with van der Waals surface area (Å²) in [5, 5.41) is 11.7. The standard InChI is InChI=1S/C25H25N5O2S/c1-25(20-11-10-19(33-20)16-4-3-5-17(26)14-16)22(23(32)29(2)24(27)28-25)15-6-8-18(9-7-15)30-13-12-21(30)31/h3-11,14,22H,12-13,26H2,1-2H3,(H2,27,28)/t22?,25-/m1/s1.